The largest absolute Gasteiger partial charge is 0.453 e. The topological polar surface area (TPSA) is 133 Å². The van der Waals surface area contributed by atoms with Crippen LogP contribution in [0.4, 0.5) is 23.2 Å². The van der Waals surface area contributed by atoms with E-state index in [1.165, 1.54) is 12.1 Å². The lowest BCUT2D eigenvalue weighted by atomic mass is 10.2. The number of halogens is 6. The number of hydrazine groups is 1. The van der Waals surface area contributed by atoms with Gasteiger partial charge in [-0.1, -0.05) is 23.2 Å². The zero-order valence-electron chi connectivity index (χ0n) is 17.3. The molecule has 2 N–H and O–H groups in total. The fraction of sp³-hybridized carbons (Fsp3) is 0.0500. The normalized spacial score (nSPS) is 11.7. The fourth-order valence-corrected chi connectivity index (χ4v) is 4.72. The van der Waals surface area contributed by atoms with Gasteiger partial charge in [-0.3, -0.25) is 4.79 Å². The second kappa shape index (κ2) is 9.79. The monoisotopic (exact) mass is 567 g/mol. The van der Waals surface area contributed by atoms with E-state index in [2.05, 4.69) is 0 Å². The molecule has 1 amide bonds. The van der Waals surface area contributed by atoms with Gasteiger partial charge in [-0.05, 0) is 54.6 Å². The number of nitro groups is 1. The Labute approximate surface area is 209 Å². The number of hydrogen-bond acceptors (Lipinski definition) is 6. The van der Waals surface area contributed by atoms with Crippen molar-refractivity contribution in [2.75, 3.05) is 4.41 Å². The average Bonchev–Trinajstić information content (AvgIpc) is 2.76. The van der Waals surface area contributed by atoms with Crippen molar-refractivity contribution in [3.8, 4) is 11.5 Å². The summed E-state index contributed by atoms with van der Waals surface area (Å²) >= 11 is 11.4. The Morgan fingerprint density at radius 3 is 2.17 bits per heavy atom. The van der Waals surface area contributed by atoms with Crippen molar-refractivity contribution in [2.45, 2.75) is 11.1 Å². The maximum atomic E-state index is 14.3. The minimum absolute atomic E-state index is 0.121. The van der Waals surface area contributed by atoms with Crippen LogP contribution in [0, 0.1) is 15.9 Å². The van der Waals surface area contributed by atoms with Crippen LogP contribution in [0.25, 0.3) is 0 Å². The Kier molecular flexibility index (Phi) is 7.34. The van der Waals surface area contributed by atoms with Crippen LogP contribution < -0.4 is 14.9 Å². The summed E-state index contributed by atoms with van der Waals surface area (Å²) in [6, 6.07) is 7.28. The Balaban J connectivity index is 2.08. The van der Waals surface area contributed by atoms with Gasteiger partial charge in [0.1, 0.15) is 16.3 Å². The number of carbonyl (C=O) groups excluding carboxylic acids is 1. The van der Waals surface area contributed by atoms with Gasteiger partial charge in [0.05, 0.1) is 16.1 Å². The van der Waals surface area contributed by atoms with E-state index in [0.29, 0.717) is 18.2 Å². The van der Waals surface area contributed by atoms with E-state index in [9.17, 15) is 40.9 Å². The quantitative estimate of drug-likeness (QED) is 0.230. The first-order chi connectivity index (χ1) is 16.6. The van der Waals surface area contributed by atoms with Crippen molar-refractivity contribution in [1.29, 1.82) is 0 Å². The highest BCUT2D eigenvalue weighted by molar-refractivity contribution is 7.92. The van der Waals surface area contributed by atoms with E-state index in [1.807, 2.05) is 0 Å². The first-order valence-electron chi connectivity index (χ1n) is 9.26. The van der Waals surface area contributed by atoms with Crippen molar-refractivity contribution < 1.29 is 40.5 Å². The van der Waals surface area contributed by atoms with Crippen LogP contribution in [-0.2, 0) is 16.2 Å². The maximum absolute atomic E-state index is 14.3. The molecule has 0 aromatic heterocycles. The summed E-state index contributed by atoms with van der Waals surface area (Å²) in [4.78, 5) is 22.7. The van der Waals surface area contributed by atoms with Crippen LogP contribution in [0.3, 0.4) is 0 Å². The number of nitrogens with two attached hydrogens (primary N) is 1. The molecule has 0 heterocycles. The van der Waals surface area contributed by atoms with E-state index in [4.69, 9.17) is 33.7 Å². The fourth-order valence-electron chi connectivity index (χ4n) is 2.91. The summed E-state index contributed by atoms with van der Waals surface area (Å²) in [7, 11) is -5.06. The van der Waals surface area contributed by atoms with Crippen LogP contribution in [0.15, 0.2) is 59.5 Å². The zero-order valence-corrected chi connectivity index (χ0v) is 19.6. The lowest BCUT2D eigenvalue weighted by Gasteiger charge is -2.17. The molecule has 190 valence electrons. The van der Waals surface area contributed by atoms with Crippen LogP contribution in [0.5, 0.6) is 11.5 Å². The Bertz CT molecular complexity index is 1440. The van der Waals surface area contributed by atoms with Crippen molar-refractivity contribution in [3.63, 3.8) is 0 Å². The molecule has 0 spiro atoms. The van der Waals surface area contributed by atoms with Gasteiger partial charge < -0.3 is 10.5 Å². The SMILES string of the molecule is NC(=O)c1cc(Oc2c(F)cc(C(F)(F)F)cc2Cl)ccc1S(=O)(=O)N(c1ccc(Cl)cc1)[N+](=O)[O-]. The van der Waals surface area contributed by atoms with Crippen molar-refractivity contribution >= 4 is 44.8 Å². The number of hydrogen-bond donors (Lipinski definition) is 1. The summed E-state index contributed by atoms with van der Waals surface area (Å²) in [6.07, 6.45) is -4.90. The van der Waals surface area contributed by atoms with Gasteiger partial charge in [0.15, 0.2) is 16.6 Å². The number of amides is 1. The first-order valence-corrected chi connectivity index (χ1v) is 11.5. The number of nitrogens with zero attached hydrogens (tertiary/aromatic N) is 2. The Morgan fingerprint density at radius 1 is 1.06 bits per heavy atom. The zero-order chi connectivity index (χ0) is 27.0. The molecule has 0 aliphatic rings. The minimum Gasteiger partial charge on any atom is -0.453 e. The molecule has 16 heteroatoms. The van der Waals surface area contributed by atoms with Gasteiger partial charge >= 0.3 is 16.2 Å². The third kappa shape index (κ3) is 5.45. The molecule has 0 aliphatic heterocycles. The molecule has 0 atom stereocenters. The van der Waals surface area contributed by atoms with Crippen LogP contribution in [0.2, 0.25) is 10.0 Å². The Hall–Kier alpha value is -3.62. The number of anilines is 1. The Morgan fingerprint density at radius 2 is 1.67 bits per heavy atom. The van der Waals surface area contributed by atoms with Crippen LogP contribution in [-0.4, -0.2) is 19.4 Å². The number of alkyl halides is 3. The molecular weight excluding hydrogens is 557 g/mol. The van der Waals surface area contributed by atoms with E-state index in [1.54, 1.807) is 0 Å². The summed E-state index contributed by atoms with van der Waals surface area (Å²) in [6.45, 7) is 0. The molecule has 9 nitrogen and oxygen atoms in total. The molecule has 0 unspecified atom stereocenters. The molecule has 0 aliphatic carbocycles. The number of carbonyl (C=O) groups is 1. The second-order valence-corrected chi connectivity index (χ2v) is 9.43. The van der Waals surface area contributed by atoms with Gasteiger partial charge in [0.25, 0.3) is 0 Å². The number of benzene rings is 3. The summed E-state index contributed by atoms with van der Waals surface area (Å²) in [5.41, 5.74) is 2.63. The lowest BCUT2D eigenvalue weighted by Crippen LogP contribution is -2.37. The molecular formula is C20H11Cl2F4N3O6S. The van der Waals surface area contributed by atoms with E-state index in [-0.39, 0.29) is 15.5 Å². The first kappa shape index (κ1) is 27.0. The molecule has 0 saturated heterocycles. The third-order valence-corrected chi connectivity index (χ3v) is 6.71. The van der Waals surface area contributed by atoms with Gasteiger partial charge in [0.2, 0.25) is 5.91 Å². The third-order valence-electron chi connectivity index (χ3n) is 4.46. The van der Waals surface area contributed by atoms with Crippen LogP contribution in [0.1, 0.15) is 15.9 Å². The molecule has 0 radical (unpaired) electrons. The molecule has 36 heavy (non-hydrogen) atoms. The van der Waals surface area contributed by atoms with Crippen LogP contribution >= 0.6 is 23.2 Å². The minimum atomic E-state index is -5.06. The average molecular weight is 568 g/mol. The molecule has 3 aromatic rings. The smallest absolute Gasteiger partial charge is 0.416 e. The van der Waals surface area contributed by atoms with Gasteiger partial charge in [-0.15, -0.1) is 0 Å². The van der Waals surface area contributed by atoms with Crippen molar-refractivity contribution in [3.05, 3.63) is 91.7 Å². The second-order valence-electron chi connectivity index (χ2n) is 6.85. The van der Waals surface area contributed by atoms with Crippen molar-refractivity contribution in [2.24, 2.45) is 5.73 Å². The highest BCUT2D eigenvalue weighted by Crippen LogP contribution is 2.39. The van der Waals surface area contributed by atoms with E-state index >= 15 is 0 Å². The van der Waals surface area contributed by atoms with Gasteiger partial charge in [0, 0.05) is 9.44 Å². The highest BCUT2D eigenvalue weighted by Gasteiger charge is 2.38. The molecule has 3 aromatic carbocycles. The van der Waals surface area contributed by atoms with E-state index in [0.717, 1.165) is 18.2 Å². The predicted octanol–water partition coefficient (Wildman–Crippen LogP) is 5.43. The standard InChI is InChI=1S/C20H11Cl2F4N3O6S/c21-11-1-3-12(4-2-11)28(29(31)32)36(33,34)17-6-5-13(9-14(17)19(27)30)35-18-15(22)7-10(8-16(18)23)20(24,25)26/h1-9H,(H2,27,30). The summed E-state index contributed by atoms with van der Waals surface area (Å²) in [5, 5.41) is 9.73. The van der Waals surface area contributed by atoms with E-state index < -0.39 is 71.2 Å². The van der Waals surface area contributed by atoms with Gasteiger partial charge in [-0.2, -0.15) is 21.6 Å². The predicted molar refractivity (Wildman–Crippen MR) is 120 cm³/mol. The van der Waals surface area contributed by atoms with Crippen molar-refractivity contribution in [1.82, 2.24) is 0 Å². The van der Waals surface area contributed by atoms with Gasteiger partial charge in [-0.25, -0.2) is 14.5 Å². The number of ether oxygens (including phenoxy) is 1. The summed E-state index contributed by atoms with van der Waals surface area (Å²) < 4.78 is 83.9. The number of primary amides is 1. The number of rotatable bonds is 7. The molecule has 3 rings (SSSR count). The molecule has 0 bridgehead atoms. The molecule has 0 fully saturated rings. The summed E-state index contributed by atoms with van der Waals surface area (Å²) in [5.74, 6) is -4.18. The highest BCUT2D eigenvalue weighted by atomic mass is 35.5. The maximum Gasteiger partial charge on any atom is 0.416 e. The molecule has 0 saturated carbocycles. The lowest BCUT2D eigenvalue weighted by molar-refractivity contribution is -0.474. The number of sulfonamides is 1.